The van der Waals surface area contributed by atoms with Crippen molar-refractivity contribution in [1.29, 1.82) is 0 Å². The molecule has 0 bridgehead atoms. The Morgan fingerprint density at radius 2 is 1.56 bits per heavy atom. The van der Waals surface area contributed by atoms with E-state index >= 15 is 8.78 Å². The first-order valence-corrected chi connectivity index (χ1v) is 15.4. The zero-order valence-electron chi connectivity index (χ0n) is 25.4. The average molecular weight is 611 g/mol. The number of alkyl halides is 5. The van der Waals surface area contributed by atoms with Gasteiger partial charge in [0, 0.05) is 29.6 Å². The molecule has 4 aliphatic carbocycles. The molecule has 1 heterocycles. The lowest BCUT2D eigenvalue weighted by Gasteiger charge is -2.59. The molecule has 6 atom stereocenters. The second kappa shape index (κ2) is 9.60. The Morgan fingerprint density at radius 1 is 0.930 bits per heavy atom. The third-order valence-electron chi connectivity index (χ3n) is 11.7. The highest BCUT2D eigenvalue weighted by atomic mass is 19.4. The Labute approximate surface area is 250 Å². The van der Waals surface area contributed by atoms with Gasteiger partial charge in [-0.05, 0) is 74.0 Å². The van der Waals surface area contributed by atoms with Gasteiger partial charge in [0.1, 0.15) is 5.60 Å². The smallest absolute Gasteiger partial charge is 0.385 e. The van der Waals surface area contributed by atoms with Crippen LogP contribution in [0.1, 0.15) is 96.1 Å². The number of rotatable bonds is 3. The van der Waals surface area contributed by atoms with Gasteiger partial charge in [0.05, 0.1) is 18.8 Å². The van der Waals surface area contributed by atoms with E-state index in [2.05, 4.69) is 20.4 Å². The Bertz CT molecular complexity index is 1320. The van der Waals surface area contributed by atoms with Gasteiger partial charge >= 0.3 is 12.1 Å². The number of halogens is 5. The monoisotopic (exact) mass is 610 g/mol. The van der Waals surface area contributed by atoms with Crippen LogP contribution < -0.4 is 0 Å². The normalized spacial score (nSPS) is 38.8. The highest BCUT2D eigenvalue weighted by molar-refractivity contribution is 5.61. The van der Waals surface area contributed by atoms with E-state index in [-0.39, 0.29) is 30.6 Å². The first kappa shape index (κ1) is 31.2. The van der Waals surface area contributed by atoms with Crippen LogP contribution in [0.3, 0.4) is 0 Å². The molecule has 2 N–H and O–H groups in total. The van der Waals surface area contributed by atoms with Crippen LogP contribution in [0.25, 0.3) is 5.57 Å². The van der Waals surface area contributed by atoms with E-state index in [0.717, 1.165) is 27.8 Å². The van der Waals surface area contributed by atoms with Crippen LogP contribution in [-0.4, -0.2) is 52.5 Å². The van der Waals surface area contributed by atoms with Crippen LogP contribution in [0, 0.1) is 22.7 Å². The molecule has 43 heavy (non-hydrogen) atoms. The van der Waals surface area contributed by atoms with E-state index in [0.29, 0.717) is 38.9 Å². The topological polar surface area (TPSA) is 58.9 Å². The molecule has 3 saturated carbocycles. The number of ether oxygens (including phenoxy) is 2. The minimum Gasteiger partial charge on any atom is -0.385 e. The second-order valence-corrected chi connectivity index (χ2v) is 15.1. The van der Waals surface area contributed by atoms with Gasteiger partial charge in [0.15, 0.2) is 5.79 Å². The highest BCUT2D eigenvalue weighted by Gasteiger charge is 2.79. The minimum atomic E-state index is -5.88. The number of fused-ring (bicyclic) bond motifs is 4. The molecule has 1 spiro atoms. The molecule has 1 aromatic carbocycles. The molecule has 1 aromatic rings. The van der Waals surface area contributed by atoms with Crippen LogP contribution in [0.5, 0.6) is 0 Å². The van der Waals surface area contributed by atoms with Gasteiger partial charge in [0.25, 0.3) is 0 Å². The molecule has 6 rings (SSSR count). The molecule has 9 heteroatoms. The maximum Gasteiger partial charge on any atom is 0.456 e. The summed E-state index contributed by atoms with van der Waals surface area (Å²) in [5.41, 5.74) is -2.01. The van der Waals surface area contributed by atoms with Gasteiger partial charge in [-0.2, -0.15) is 22.0 Å². The van der Waals surface area contributed by atoms with Crippen molar-refractivity contribution in [3.05, 3.63) is 53.1 Å². The molecular formula is C34H43F5O4. The van der Waals surface area contributed by atoms with Gasteiger partial charge in [-0.1, -0.05) is 62.8 Å². The van der Waals surface area contributed by atoms with E-state index in [1.807, 2.05) is 31.2 Å². The number of benzene rings is 1. The van der Waals surface area contributed by atoms with E-state index < -0.39 is 52.8 Å². The zero-order chi connectivity index (χ0) is 31.4. The molecule has 0 aromatic heterocycles. The summed E-state index contributed by atoms with van der Waals surface area (Å²) >= 11 is 0. The van der Waals surface area contributed by atoms with Crippen molar-refractivity contribution < 1.29 is 41.6 Å². The summed E-state index contributed by atoms with van der Waals surface area (Å²) in [6.07, 6.45) is -4.52. The summed E-state index contributed by atoms with van der Waals surface area (Å²) in [5.74, 6) is -7.63. The lowest BCUT2D eigenvalue weighted by molar-refractivity contribution is -0.362. The number of allylic oxidation sites excluding steroid dienone is 2. The van der Waals surface area contributed by atoms with Crippen LogP contribution in [0.4, 0.5) is 22.0 Å². The van der Waals surface area contributed by atoms with Crippen molar-refractivity contribution >= 4 is 5.57 Å². The lowest BCUT2D eigenvalue weighted by Crippen LogP contribution is -2.65. The summed E-state index contributed by atoms with van der Waals surface area (Å²) < 4.78 is 84.6. The molecule has 0 amide bonds. The number of hydrogen-bond acceptors (Lipinski definition) is 4. The molecule has 0 radical (unpaired) electrons. The third kappa shape index (κ3) is 4.50. The standard InChI is InChI=1S/C34H43F5O4/c1-20(2)21-6-8-22(9-7-21)24-16-29(5)25(12-15-32(29,41)33(35,36)34(37,38)39)23-10-13-30(40)17-31(14-11-26(30)27(23)24)42-18-28(3,4)19-43-31/h6-9,23-25,40-41H,1,10-19H2,2-5H3/t23?,24-,25?,29+,30?,32+/m1/s1. The Hall–Kier alpha value is -1.81. The van der Waals surface area contributed by atoms with E-state index in [9.17, 15) is 23.4 Å². The van der Waals surface area contributed by atoms with Crippen molar-refractivity contribution in [1.82, 2.24) is 0 Å². The molecule has 5 aliphatic rings. The molecule has 4 fully saturated rings. The van der Waals surface area contributed by atoms with Crippen molar-refractivity contribution in [2.24, 2.45) is 22.7 Å². The largest absolute Gasteiger partial charge is 0.456 e. The van der Waals surface area contributed by atoms with E-state index in [4.69, 9.17) is 9.47 Å². The number of hydrogen-bond donors (Lipinski definition) is 2. The molecule has 1 saturated heterocycles. The Kier molecular flexibility index (Phi) is 6.96. The van der Waals surface area contributed by atoms with Crippen LogP contribution >= 0.6 is 0 Å². The molecule has 4 nitrogen and oxygen atoms in total. The van der Waals surface area contributed by atoms with Crippen molar-refractivity contribution in [2.75, 3.05) is 13.2 Å². The molecule has 1 aliphatic heterocycles. The lowest BCUT2D eigenvalue weighted by atomic mass is 9.49. The number of aliphatic hydroxyl groups is 2. The fourth-order valence-electron chi connectivity index (χ4n) is 9.31. The summed E-state index contributed by atoms with van der Waals surface area (Å²) in [6.45, 7) is 12.4. The van der Waals surface area contributed by atoms with Gasteiger partial charge in [0.2, 0.25) is 0 Å². The maximum absolute atomic E-state index is 15.3. The maximum atomic E-state index is 15.3. The van der Waals surface area contributed by atoms with Crippen molar-refractivity contribution in [3.63, 3.8) is 0 Å². The average Bonchev–Trinajstić information content (AvgIpc) is 3.20. The predicted octanol–water partition coefficient (Wildman–Crippen LogP) is 7.94. The van der Waals surface area contributed by atoms with Gasteiger partial charge < -0.3 is 19.7 Å². The van der Waals surface area contributed by atoms with Crippen molar-refractivity contribution in [2.45, 2.75) is 114 Å². The summed E-state index contributed by atoms with van der Waals surface area (Å²) in [6, 6.07) is 7.53. The second-order valence-electron chi connectivity index (χ2n) is 15.1. The Balaban J connectivity index is 1.46. The first-order chi connectivity index (χ1) is 19.8. The van der Waals surface area contributed by atoms with Crippen LogP contribution in [-0.2, 0) is 9.47 Å². The third-order valence-corrected chi connectivity index (χ3v) is 11.7. The highest BCUT2D eigenvalue weighted by Crippen LogP contribution is 2.71. The predicted molar refractivity (Wildman–Crippen MR) is 152 cm³/mol. The van der Waals surface area contributed by atoms with E-state index in [1.54, 1.807) is 0 Å². The fourth-order valence-corrected chi connectivity index (χ4v) is 9.31. The van der Waals surface area contributed by atoms with Crippen LogP contribution in [0.15, 0.2) is 42.0 Å². The van der Waals surface area contributed by atoms with E-state index in [1.165, 1.54) is 6.92 Å². The van der Waals surface area contributed by atoms with Gasteiger partial charge in [-0.15, -0.1) is 0 Å². The summed E-state index contributed by atoms with van der Waals surface area (Å²) in [5, 5.41) is 23.7. The molecular weight excluding hydrogens is 567 g/mol. The SMILES string of the molecule is C=C(C)c1ccc([C@H]2C[C@@]3(C)C(CC[C@@]3(O)C(F)(F)C(F)(F)F)C3CCC4(O)CC5(CCC4=C32)OCC(C)(C)CO5)cc1. The fraction of sp³-hybridized carbons (Fsp3) is 0.706. The minimum absolute atomic E-state index is 0.0606. The molecule has 3 unspecified atom stereocenters. The summed E-state index contributed by atoms with van der Waals surface area (Å²) in [4.78, 5) is 0. The quantitative estimate of drug-likeness (QED) is 0.270. The first-order valence-electron chi connectivity index (χ1n) is 15.4. The summed E-state index contributed by atoms with van der Waals surface area (Å²) in [7, 11) is 0. The zero-order valence-corrected chi connectivity index (χ0v) is 25.4. The van der Waals surface area contributed by atoms with Gasteiger partial charge in [-0.3, -0.25) is 0 Å². The Morgan fingerprint density at radius 3 is 2.14 bits per heavy atom. The van der Waals surface area contributed by atoms with Crippen molar-refractivity contribution in [3.8, 4) is 0 Å². The van der Waals surface area contributed by atoms with Gasteiger partial charge in [-0.25, -0.2) is 0 Å². The molecule has 238 valence electrons. The van der Waals surface area contributed by atoms with Crippen LogP contribution in [0.2, 0.25) is 0 Å².